The van der Waals surface area contributed by atoms with Gasteiger partial charge in [0.05, 0.1) is 22.1 Å². The monoisotopic (exact) mass is 447 g/mol. The van der Waals surface area contributed by atoms with E-state index in [9.17, 15) is 32.9 Å². The molecule has 0 bridgehead atoms. The van der Waals surface area contributed by atoms with E-state index in [1.807, 2.05) is 0 Å². The van der Waals surface area contributed by atoms with E-state index in [1.54, 1.807) is 0 Å². The molecule has 8 nitrogen and oxygen atoms in total. The van der Waals surface area contributed by atoms with Crippen LogP contribution in [-0.4, -0.2) is 30.1 Å². The number of nitro groups is 1. The number of nitrogens with zero attached hydrogens (tertiary/aromatic N) is 1. The van der Waals surface area contributed by atoms with E-state index in [2.05, 4.69) is 9.47 Å². The number of esters is 2. The van der Waals surface area contributed by atoms with Crippen LogP contribution in [-0.2, 0) is 20.4 Å². The number of hydrogen-bond donors (Lipinski definition) is 0. The summed E-state index contributed by atoms with van der Waals surface area (Å²) in [5, 5.41) is 10.4. The van der Waals surface area contributed by atoms with Gasteiger partial charge in [0.15, 0.2) is 6.61 Å². The lowest BCUT2D eigenvalue weighted by molar-refractivity contribution is -0.385. The third-order valence-electron chi connectivity index (χ3n) is 3.51. The Morgan fingerprint density at radius 1 is 1.17 bits per heavy atom. The highest BCUT2D eigenvalue weighted by molar-refractivity contribution is 6.32. The van der Waals surface area contributed by atoms with E-state index in [0.29, 0.717) is 0 Å². The summed E-state index contributed by atoms with van der Waals surface area (Å²) in [5.74, 6) is -2.69. The van der Waals surface area contributed by atoms with E-state index >= 15 is 0 Å². The number of hydrogen-bond acceptors (Lipinski definition) is 7. The van der Waals surface area contributed by atoms with Crippen LogP contribution < -0.4 is 4.74 Å². The number of carbonyl (C=O) groups is 2. The molecule has 0 fully saturated rings. The SMILES string of the molecule is CCOC(=O)COC(=O)c1cc(Oc2cccc(C(F)(F)F)c2Cl)ccc1[N+](=O)[O-]. The van der Waals surface area contributed by atoms with E-state index in [-0.39, 0.29) is 18.1 Å². The Hall–Kier alpha value is -3.34. The number of benzene rings is 2. The van der Waals surface area contributed by atoms with Crippen molar-refractivity contribution in [2.24, 2.45) is 0 Å². The summed E-state index contributed by atoms with van der Waals surface area (Å²) in [6.07, 6.45) is -4.73. The topological polar surface area (TPSA) is 105 Å². The van der Waals surface area contributed by atoms with Crippen molar-refractivity contribution in [2.45, 2.75) is 13.1 Å². The summed E-state index contributed by atoms with van der Waals surface area (Å²) in [6.45, 7) is 0.788. The van der Waals surface area contributed by atoms with Crippen LogP contribution >= 0.6 is 11.6 Å². The van der Waals surface area contributed by atoms with E-state index in [4.69, 9.17) is 16.3 Å². The maximum Gasteiger partial charge on any atom is 0.417 e. The number of alkyl halides is 3. The zero-order valence-electron chi connectivity index (χ0n) is 15.2. The molecule has 0 aliphatic heterocycles. The first kappa shape index (κ1) is 22.9. The largest absolute Gasteiger partial charge is 0.463 e. The molecule has 0 spiro atoms. The molecule has 0 amide bonds. The minimum atomic E-state index is -4.73. The average molecular weight is 448 g/mol. The zero-order chi connectivity index (χ0) is 22.5. The molecule has 0 saturated heterocycles. The Morgan fingerprint density at radius 3 is 2.47 bits per heavy atom. The maximum absolute atomic E-state index is 13.0. The van der Waals surface area contributed by atoms with Crippen molar-refractivity contribution in [2.75, 3.05) is 13.2 Å². The van der Waals surface area contributed by atoms with Gasteiger partial charge in [-0.1, -0.05) is 17.7 Å². The standard InChI is InChI=1S/C18H13ClF3NO7/c1-2-28-15(24)9-29-17(25)11-8-10(6-7-13(11)23(26)27)30-14-5-3-4-12(16(14)19)18(20,21)22/h3-8H,2,9H2,1H3. The van der Waals surface area contributed by atoms with E-state index < -0.39 is 51.5 Å². The summed E-state index contributed by atoms with van der Waals surface area (Å²) >= 11 is 5.75. The minimum absolute atomic E-state index is 0.0393. The third-order valence-corrected chi connectivity index (χ3v) is 3.90. The lowest BCUT2D eigenvalue weighted by atomic mass is 10.1. The summed E-state index contributed by atoms with van der Waals surface area (Å²) in [6, 6.07) is 5.82. The molecule has 0 aliphatic carbocycles. The van der Waals surface area contributed by atoms with Crippen LogP contribution in [0.25, 0.3) is 0 Å². The fourth-order valence-corrected chi connectivity index (χ4v) is 2.51. The van der Waals surface area contributed by atoms with Gasteiger partial charge in [-0.15, -0.1) is 0 Å². The Labute approximate surface area is 172 Å². The smallest absolute Gasteiger partial charge is 0.417 e. The van der Waals surface area contributed by atoms with Gasteiger partial charge in [-0.25, -0.2) is 9.59 Å². The van der Waals surface area contributed by atoms with Gasteiger partial charge in [0, 0.05) is 12.1 Å². The summed E-state index contributed by atoms with van der Waals surface area (Å²) in [4.78, 5) is 33.8. The van der Waals surface area contributed by atoms with E-state index in [1.165, 1.54) is 6.92 Å². The molecule has 30 heavy (non-hydrogen) atoms. The van der Waals surface area contributed by atoms with Gasteiger partial charge in [0.25, 0.3) is 5.69 Å². The predicted molar refractivity (Wildman–Crippen MR) is 96.5 cm³/mol. The molecule has 12 heteroatoms. The van der Waals surface area contributed by atoms with Gasteiger partial charge >= 0.3 is 18.1 Å². The molecule has 2 aromatic carbocycles. The molecule has 0 unspecified atom stereocenters. The van der Waals surface area contributed by atoms with Crippen molar-refractivity contribution in [3.05, 3.63) is 62.7 Å². The number of carbonyl (C=O) groups excluding carboxylic acids is 2. The average Bonchev–Trinajstić information content (AvgIpc) is 2.66. The third kappa shape index (κ3) is 5.60. The van der Waals surface area contributed by atoms with Crippen LogP contribution in [0, 0.1) is 10.1 Å². The van der Waals surface area contributed by atoms with Crippen molar-refractivity contribution < 1.29 is 41.9 Å². The van der Waals surface area contributed by atoms with Crippen LogP contribution in [0.15, 0.2) is 36.4 Å². The molecular formula is C18H13ClF3NO7. The van der Waals surface area contributed by atoms with Gasteiger partial charge < -0.3 is 14.2 Å². The van der Waals surface area contributed by atoms with Crippen molar-refractivity contribution in [1.29, 1.82) is 0 Å². The second-order valence-electron chi connectivity index (χ2n) is 5.53. The molecule has 0 atom stereocenters. The first-order valence-electron chi connectivity index (χ1n) is 8.19. The normalized spacial score (nSPS) is 11.0. The van der Waals surface area contributed by atoms with Gasteiger partial charge in [-0.05, 0) is 25.1 Å². The van der Waals surface area contributed by atoms with Gasteiger partial charge in [-0.3, -0.25) is 10.1 Å². The highest BCUT2D eigenvalue weighted by Crippen LogP contribution is 2.41. The van der Waals surface area contributed by atoms with Crippen LogP contribution in [0.1, 0.15) is 22.8 Å². The zero-order valence-corrected chi connectivity index (χ0v) is 16.0. The summed E-state index contributed by atoms with van der Waals surface area (Å²) in [5.41, 5.74) is -2.38. The van der Waals surface area contributed by atoms with Crippen LogP contribution in [0.2, 0.25) is 5.02 Å². The molecule has 0 saturated carbocycles. The Balaban J connectivity index is 2.33. The fraction of sp³-hybridized carbons (Fsp3) is 0.222. The molecule has 2 rings (SSSR count). The molecule has 160 valence electrons. The van der Waals surface area contributed by atoms with Gasteiger partial charge in [0.2, 0.25) is 0 Å². The van der Waals surface area contributed by atoms with Gasteiger partial charge in [-0.2, -0.15) is 13.2 Å². The molecular weight excluding hydrogens is 435 g/mol. The number of ether oxygens (including phenoxy) is 3. The second kappa shape index (κ2) is 9.44. The lowest BCUT2D eigenvalue weighted by Crippen LogP contribution is -2.17. The predicted octanol–water partition coefficient (Wildman–Crippen LogP) is 4.78. The highest BCUT2D eigenvalue weighted by Gasteiger charge is 2.34. The van der Waals surface area contributed by atoms with Crippen molar-refractivity contribution in [3.63, 3.8) is 0 Å². The number of nitro benzene ring substituents is 1. The minimum Gasteiger partial charge on any atom is -0.463 e. The van der Waals surface area contributed by atoms with Crippen molar-refractivity contribution in [1.82, 2.24) is 0 Å². The molecule has 0 N–H and O–H groups in total. The van der Waals surface area contributed by atoms with E-state index in [0.717, 1.165) is 36.4 Å². The highest BCUT2D eigenvalue weighted by atomic mass is 35.5. The quantitative estimate of drug-likeness (QED) is 0.341. The number of rotatable bonds is 7. The molecule has 0 radical (unpaired) electrons. The molecule has 0 heterocycles. The second-order valence-corrected chi connectivity index (χ2v) is 5.91. The van der Waals surface area contributed by atoms with Crippen LogP contribution in [0.5, 0.6) is 11.5 Å². The molecule has 2 aromatic rings. The van der Waals surface area contributed by atoms with Crippen molar-refractivity contribution >= 4 is 29.2 Å². The number of halogens is 4. The summed E-state index contributed by atoms with van der Waals surface area (Å²) < 4.78 is 53.4. The van der Waals surface area contributed by atoms with Crippen molar-refractivity contribution in [3.8, 4) is 11.5 Å². The summed E-state index contributed by atoms with van der Waals surface area (Å²) in [7, 11) is 0. The van der Waals surface area contributed by atoms with Crippen LogP contribution in [0.4, 0.5) is 18.9 Å². The molecule has 0 aliphatic rings. The lowest BCUT2D eigenvalue weighted by Gasteiger charge is -2.13. The fourth-order valence-electron chi connectivity index (χ4n) is 2.24. The van der Waals surface area contributed by atoms with Gasteiger partial charge in [0.1, 0.15) is 17.1 Å². The van der Waals surface area contributed by atoms with Crippen LogP contribution in [0.3, 0.4) is 0 Å². The maximum atomic E-state index is 13.0. The Kier molecular flexibility index (Phi) is 7.22. The first-order chi connectivity index (χ1) is 14.0. The Bertz CT molecular complexity index is 979. The Morgan fingerprint density at radius 2 is 1.87 bits per heavy atom. The molecule has 0 aromatic heterocycles. The first-order valence-corrected chi connectivity index (χ1v) is 8.57.